The van der Waals surface area contributed by atoms with Gasteiger partial charge in [0.05, 0.1) is 7.11 Å². The Hall–Kier alpha value is -5.08. The van der Waals surface area contributed by atoms with E-state index in [0.717, 1.165) is 23.7 Å². The van der Waals surface area contributed by atoms with Crippen LogP contribution in [0.4, 0.5) is 0 Å². The molecule has 0 amide bonds. The fourth-order valence-corrected chi connectivity index (χ4v) is 6.19. The molecule has 0 N–H and O–H groups in total. The monoisotopic (exact) mass is 616 g/mol. The molecule has 6 rings (SSSR count). The van der Waals surface area contributed by atoms with Crippen LogP contribution in [-0.4, -0.2) is 7.11 Å². The highest BCUT2D eigenvalue weighted by Gasteiger charge is 2.24. The van der Waals surface area contributed by atoms with E-state index in [-0.39, 0.29) is 10.8 Å². The van der Waals surface area contributed by atoms with Crippen LogP contribution in [0.3, 0.4) is 0 Å². The maximum Gasteiger partial charge on any atom is 0.127 e. The first-order valence-electron chi connectivity index (χ1n) is 16.4. The summed E-state index contributed by atoms with van der Waals surface area (Å²) in [6.45, 7) is 11.3. The van der Waals surface area contributed by atoms with Gasteiger partial charge in [-0.15, -0.1) is 0 Å². The molecule has 0 fully saturated rings. The molecular weight excluding hydrogens is 572 g/mol. The van der Waals surface area contributed by atoms with E-state index in [1.165, 1.54) is 50.1 Å². The van der Waals surface area contributed by atoms with Crippen molar-refractivity contribution in [2.75, 3.05) is 7.11 Å². The Morgan fingerprint density at radius 3 is 1.11 bits per heavy atom. The Morgan fingerprint density at radius 2 is 0.723 bits per heavy atom. The molecule has 0 aliphatic heterocycles. The summed E-state index contributed by atoms with van der Waals surface area (Å²) in [5.74, 6) is 2.54. The van der Waals surface area contributed by atoms with Crippen LogP contribution in [0.15, 0.2) is 146 Å². The Labute approximate surface area is 280 Å². The largest absolute Gasteiger partial charge is 0.497 e. The Kier molecular flexibility index (Phi) is 9.05. The molecule has 236 valence electrons. The van der Waals surface area contributed by atoms with Gasteiger partial charge in [-0.3, -0.25) is 0 Å². The maximum absolute atomic E-state index is 6.19. The van der Waals surface area contributed by atoms with E-state index in [9.17, 15) is 0 Å². The molecular formula is C45H44O2. The van der Waals surface area contributed by atoms with E-state index >= 15 is 0 Å². The average Bonchev–Trinajstić information content (AvgIpc) is 3.10. The normalized spacial score (nSPS) is 11.7. The number of aryl methyl sites for hydroxylation is 1. The molecule has 0 spiro atoms. The minimum Gasteiger partial charge on any atom is -0.497 e. The van der Waals surface area contributed by atoms with Gasteiger partial charge in [-0.05, 0) is 94.3 Å². The summed E-state index contributed by atoms with van der Waals surface area (Å²) in [7, 11) is 1.69. The first-order valence-corrected chi connectivity index (χ1v) is 16.4. The van der Waals surface area contributed by atoms with Gasteiger partial charge in [0, 0.05) is 10.8 Å². The number of hydrogen-bond acceptors (Lipinski definition) is 2. The van der Waals surface area contributed by atoms with Crippen molar-refractivity contribution < 1.29 is 9.47 Å². The van der Waals surface area contributed by atoms with Crippen molar-refractivity contribution in [3.05, 3.63) is 185 Å². The van der Waals surface area contributed by atoms with Crippen molar-refractivity contribution in [3.63, 3.8) is 0 Å². The standard InChI is InChI=1S/C45H44O2/c1-32-7-17-37(18-8-32)44(2,3)38-19-13-35(14-20-38)36-15-21-39(22-16-36)45(4,5)40-23-29-43(30-24-40)47-42-27-11-34(12-28-42)31-33-9-25-41(46-6)26-10-33/h7-30H,31H2,1-6H3. The summed E-state index contributed by atoms with van der Waals surface area (Å²) in [4.78, 5) is 0. The molecule has 0 radical (unpaired) electrons. The van der Waals surface area contributed by atoms with Crippen molar-refractivity contribution in [3.8, 4) is 28.4 Å². The van der Waals surface area contributed by atoms with Gasteiger partial charge in [0.2, 0.25) is 0 Å². The molecule has 0 aromatic heterocycles. The summed E-state index contributed by atoms with van der Waals surface area (Å²) < 4.78 is 11.5. The van der Waals surface area contributed by atoms with Crippen LogP contribution in [0.2, 0.25) is 0 Å². The zero-order chi connectivity index (χ0) is 33.0. The predicted molar refractivity (Wildman–Crippen MR) is 196 cm³/mol. The predicted octanol–water partition coefficient (Wildman–Crippen LogP) is 11.7. The second-order valence-corrected chi connectivity index (χ2v) is 13.6. The zero-order valence-electron chi connectivity index (χ0n) is 28.4. The van der Waals surface area contributed by atoms with Gasteiger partial charge < -0.3 is 9.47 Å². The average molecular weight is 617 g/mol. The molecule has 2 heteroatoms. The molecule has 0 bridgehead atoms. The summed E-state index contributed by atoms with van der Waals surface area (Å²) in [6, 6.07) is 52.0. The molecule has 0 saturated heterocycles. The van der Waals surface area contributed by atoms with E-state index in [2.05, 4.69) is 156 Å². The van der Waals surface area contributed by atoms with Crippen molar-refractivity contribution >= 4 is 0 Å². The molecule has 6 aromatic carbocycles. The van der Waals surface area contributed by atoms with Crippen molar-refractivity contribution in [2.24, 2.45) is 0 Å². The Bertz CT molecular complexity index is 1890. The van der Waals surface area contributed by atoms with E-state index < -0.39 is 0 Å². The van der Waals surface area contributed by atoms with Gasteiger partial charge in [0.25, 0.3) is 0 Å². The van der Waals surface area contributed by atoms with Crippen LogP contribution in [0.5, 0.6) is 17.2 Å². The summed E-state index contributed by atoms with van der Waals surface area (Å²) in [5.41, 5.74) is 11.2. The molecule has 47 heavy (non-hydrogen) atoms. The number of methoxy groups -OCH3 is 1. The lowest BCUT2D eigenvalue weighted by atomic mass is 9.77. The van der Waals surface area contributed by atoms with Crippen LogP contribution in [0, 0.1) is 6.92 Å². The lowest BCUT2D eigenvalue weighted by molar-refractivity contribution is 0.414. The molecule has 0 atom stereocenters. The SMILES string of the molecule is COc1ccc(Cc2ccc(Oc3ccc(C(C)(C)c4ccc(-c5ccc(C(C)(C)c6ccc(C)cc6)cc5)cc4)cc3)cc2)cc1. The third-order valence-electron chi connectivity index (χ3n) is 9.62. The van der Waals surface area contributed by atoms with Crippen LogP contribution in [0.1, 0.15) is 66.6 Å². The molecule has 0 aliphatic rings. The molecule has 0 unspecified atom stereocenters. The topological polar surface area (TPSA) is 18.5 Å². The molecule has 6 aromatic rings. The summed E-state index contributed by atoms with van der Waals surface area (Å²) in [6.07, 6.45) is 0.869. The van der Waals surface area contributed by atoms with Gasteiger partial charge in [-0.1, -0.05) is 142 Å². The first-order chi connectivity index (χ1) is 22.6. The van der Waals surface area contributed by atoms with E-state index in [4.69, 9.17) is 9.47 Å². The van der Waals surface area contributed by atoms with Gasteiger partial charge in [0.1, 0.15) is 17.2 Å². The zero-order valence-corrected chi connectivity index (χ0v) is 28.4. The quantitative estimate of drug-likeness (QED) is 0.152. The lowest BCUT2D eigenvalue weighted by Crippen LogP contribution is -2.19. The third-order valence-corrected chi connectivity index (χ3v) is 9.62. The van der Waals surface area contributed by atoms with E-state index in [1.54, 1.807) is 7.11 Å². The maximum atomic E-state index is 6.19. The highest BCUT2D eigenvalue weighted by Crippen LogP contribution is 2.36. The van der Waals surface area contributed by atoms with Gasteiger partial charge in [0.15, 0.2) is 0 Å². The van der Waals surface area contributed by atoms with Crippen molar-refractivity contribution in [2.45, 2.75) is 51.9 Å². The second-order valence-electron chi connectivity index (χ2n) is 13.6. The van der Waals surface area contributed by atoms with Crippen LogP contribution in [-0.2, 0) is 17.3 Å². The number of benzene rings is 6. The van der Waals surface area contributed by atoms with Crippen LogP contribution in [0.25, 0.3) is 11.1 Å². The Balaban J connectivity index is 1.09. The number of rotatable bonds is 10. The van der Waals surface area contributed by atoms with Gasteiger partial charge >= 0.3 is 0 Å². The molecule has 0 aliphatic carbocycles. The third kappa shape index (κ3) is 7.18. The molecule has 2 nitrogen and oxygen atoms in total. The van der Waals surface area contributed by atoms with Crippen LogP contribution < -0.4 is 9.47 Å². The van der Waals surface area contributed by atoms with E-state index in [1.807, 2.05) is 24.3 Å². The highest BCUT2D eigenvalue weighted by atomic mass is 16.5. The smallest absolute Gasteiger partial charge is 0.127 e. The van der Waals surface area contributed by atoms with Crippen LogP contribution >= 0.6 is 0 Å². The number of hydrogen-bond donors (Lipinski definition) is 0. The highest BCUT2D eigenvalue weighted by molar-refractivity contribution is 5.65. The minimum absolute atomic E-state index is 0.0519. The van der Waals surface area contributed by atoms with Gasteiger partial charge in [-0.25, -0.2) is 0 Å². The van der Waals surface area contributed by atoms with Crippen molar-refractivity contribution in [1.82, 2.24) is 0 Å². The molecule has 0 heterocycles. The Morgan fingerprint density at radius 1 is 0.404 bits per heavy atom. The van der Waals surface area contributed by atoms with E-state index in [0.29, 0.717) is 0 Å². The van der Waals surface area contributed by atoms with Gasteiger partial charge in [-0.2, -0.15) is 0 Å². The summed E-state index contributed by atoms with van der Waals surface area (Å²) >= 11 is 0. The first kappa shape index (κ1) is 31.9. The minimum atomic E-state index is -0.151. The molecule has 0 saturated carbocycles. The second kappa shape index (κ2) is 13.3. The number of ether oxygens (including phenoxy) is 2. The fourth-order valence-electron chi connectivity index (χ4n) is 6.19. The fraction of sp³-hybridized carbons (Fsp3) is 0.200. The lowest BCUT2D eigenvalue weighted by Gasteiger charge is -2.27. The van der Waals surface area contributed by atoms with Crippen molar-refractivity contribution in [1.29, 1.82) is 0 Å². The summed E-state index contributed by atoms with van der Waals surface area (Å²) in [5, 5.41) is 0.